The maximum absolute atomic E-state index is 14.3. The fourth-order valence-electron chi connectivity index (χ4n) is 3.80. The normalized spacial score (nSPS) is 19.5. The number of carbonyl (C=O) groups excluding carboxylic acids is 1. The first kappa shape index (κ1) is 15.9. The zero-order chi connectivity index (χ0) is 18.7. The number of carbonyl (C=O) groups is 1. The molecule has 1 fully saturated rings. The summed E-state index contributed by atoms with van der Waals surface area (Å²) in [6.07, 6.45) is 1.69. The number of nitrogens with zero attached hydrogens (tertiary/aromatic N) is 3. The maximum atomic E-state index is 14.3. The van der Waals surface area contributed by atoms with E-state index in [0.717, 1.165) is 23.7 Å². The molecule has 0 bridgehead atoms. The molecule has 6 nitrogen and oxygen atoms in total. The van der Waals surface area contributed by atoms with Gasteiger partial charge in [-0.25, -0.2) is 13.5 Å². The predicted molar refractivity (Wildman–Crippen MR) is 91.9 cm³/mol. The van der Waals surface area contributed by atoms with E-state index in [9.17, 15) is 18.7 Å². The van der Waals surface area contributed by atoms with Gasteiger partial charge in [0.25, 0.3) is 5.91 Å². The molecule has 0 unspecified atom stereocenters. The molecule has 27 heavy (non-hydrogen) atoms. The Labute approximate surface area is 152 Å². The first-order valence-corrected chi connectivity index (χ1v) is 8.56. The van der Waals surface area contributed by atoms with Crippen LogP contribution >= 0.6 is 0 Å². The number of anilines is 1. The molecule has 1 amide bonds. The summed E-state index contributed by atoms with van der Waals surface area (Å²) in [4.78, 5) is 16.6. The number of hydrogen-bond acceptors (Lipinski definition) is 4. The highest BCUT2D eigenvalue weighted by molar-refractivity contribution is 6.03. The van der Waals surface area contributed by atoms with E-state index >= 15 is 0 Å². The van der Waals surface area contributed by atoms with Crippen LogP contribution in [0.2, 0.25) is 0 Å². The minimum absolute atomic E-state index is 0.120. The highest BCUT2D eigenvalue weighted by Crippen LogP contribution is 2.57. The fourth-order valence-corrected chi connectivity index (χ4v) is 3.80. The Hall–Kier alpha value is -3.29. The van der Waals surface area contributed by atoms with Crippen molar-refractivity contribution >= 4 is 11.7 Å². The predicted octanol–water partition coefficient (Wildman–Crippen LogP) is 3.16. The van der Waals surface area contributed by atoms with Crippen LogP contribution in [-0.2, 0) is 6.42 Å². The van der Waals surface area contributed by atoms with E-state index < -0.39 is 17.5 Å². The highest BCUT2D eigenvalue weighted by Gasteiger charge is 2.50. The Morgan fingerprint density at radius 3 is 2.89 bits per heavy atom. The van der Waals surface area contributed by atoms with Crippen molar-refractivity contribution in [1.29, 1.82) is 0 Å². The standard InChI is InChI=1S/C19H14F2N4O2/c20-10-4-5-14(13(21)8-10)25-18-11-6-9(11)7-12(18)17(24-25)19(27)23-15-2-1-3-16(26)22-15/h1-5,8-9,11H,6-7H2,(H2,22,23,26,27)/t9-,11-/m1/s1. The van der Waals surface area contributed by atoms with E-state index in [0.29, 0.717) is 12.3 Å². The second-order valence-electron chi connectivity index (χ2n) is 6.86. The second-order valence-corrected chi connectivity index (χ2v) is 6.86. The molecule has 2 aromatic heterocycles. The lowest BCUT2D eigenvalue weighted by molar-refractivity contribution is 0.102. The van der Waals surface area contributed by atoms with Gasteiger partial charge < -0.3 is 10.4 Å². The van der Waals surface area contributed by atoms with Gasteiger partial charge in [-0.2, -0.15) is 10.1 Å². The summed E-state index contributed by atoms with van der Waals surface area (Å²) in [6, 6.07) is 7.80. The van der Waals surface area contributed by atoms with E-state index in [4.69, 9.17) is 0 Å². The van der Waals surface area contributed by atoms with Crippen molar-refractivity contribution in [2.24, 2.45) is 5.92 Å². The van der Waals surface area contributed by atoms with Gasteiger partial charge in [-0.15, -0.1) is 0 Å². The van der Waals surface area contributed by atoms with Crippen molar-refractivity contribution in [3.63, 3.8) is 0 Å². The maximum Gasteiger partial charge on any atom is 0.277 e. The van der Waals surface area contributed by atoms with Crippen LogP contribution in [-0.4, -0.2) is 25.8 Å². The molecule has 0 aliphatic heterocycles. The smallest absolute Gasteiger partial charge is 0.277 e. The summed E-state index contributed by atoms with van der Waals surface area (Å²) in [7, 11) is 0. The number of benzene rings is 1. The van der Waals surface area contributed by atoms with Crippen LogP contribution < -0.4 is 5.32 Å². The van der Waals surface area contributed by atoms with Crippen LogP contribution in [0, 0.1) is 17.6 Å². The molecule has 2 atom stereocenters. The van der Waals surface area contributed by atoms with E-state index in [2.05, 4.69) is 15.4 Å². The lowest BCUT2D eigenvalue weighted by Gasteiger charge is -2.07. The van der Waals surface area contributed by atoms with Crippen molar-refractivity contribution < 1.29 is 18.7 Å². The molecule has 1 aromatic carbocycles. The molecule has 2 heterocycles. The fraction of sp³-hybridized carbons (Fsp3) is 0.211. The minimum Gasteiger partial charge on any atom is -0.493 e. The zero-order valence-electron chi connectivity index (χ0n) is 14.0. The molecule has 2 aliphatic rings. The molecule has 2 N–H and O–H groups in total. The van der Waals surface area contributed by atoms with Crippen LogP contribution in [0.25, 0.3) is 5.69 Å². The molecular weight excluding hydrogens is 354 g/mol. The molecule has 5 rings (SSSR count). The van der Waals surface area contributed by atoms with Crippen molar-refractivity contribution in [1.82, 2.24) is 14.8 Å². The number of aromatic hydroxyl groups is 1. The van der Waals surface area contributed by atoms with Gasteiger partial charge in [0.1, 0.15) is 17.3 Å². The third-order valence-corrected chi connectivity index (χ3v) is 5.09. The first-order valence-electron chi connectivity index (χ1n) is 8.56. The highest BCUT2D eigenvalue weighted by atomic mass is 19.1. The second kappa shape index (κ2) is 5.60. The Morgan fingerprint density at radius 1 is 1.26 bits per heavy atom. The largest absolute Gasteiger partial charge is 0.493 e. The van der Waals surface area contributed by atoms with Crippen molar-refractivity contribution in [3.8, 4) is 11.6 Å². The summed E-state index contributed by atoms with van der Waals surface area (Å²) in [5, 5.41) is 16.4. The zero-order valence-corrected chi connectivity index (χ0v) is 14.0. The number of nitrogens with one attached hydrogen (secondary N) is 1. The van der Waals surface area contributed by atoms with E-state index in [1.54, 1.807) is 12.1 Å². The van der Waals surface area contributed by atoms with Crippen molar-refractivity contribution in [3.05, 3.63) is 65.0 Å². The average Bonchev–Trinajstić information content (AvgIpc) is 3.12. The van der Waals surface area contributed by atoms with Gasteiger partial charge in [0.15, 0.2) is 11.5 Å². The summed E-state index contributed by atoms with van der Waals surface area (Å²) in [5.41, 5.74) is 1.93. The van der Waals surface area contributed by atoms with Gasteiger partial charge in [0, 0.05) is 23.6 Å². The van der Waals surface area contributed by atoms with Gasteiger partial charge in [-0.1, -0.05) is 6.07 Å². The summed E-state index contributed by atoms with van der Waals surface area (Å²) < 4.78 is 29.0. The van der Waals surface area contributed by atoms with Crippen LogP contribution in [0.4, 0.5) is 14.6 Å². The number of hydrogen-bond donors (Lipinski definition) is 2. The molecule has 0 spiro atoms. The SMILES string of the molecule is O=C(Nc1cccc(O)n1)c1nn(-c2ccc(F)cc2F)c2c1C[C@H]1C[C@@H]21. The Balaban J connectivity index is 1.56. The third-order valence-electron chi connectivity index (χ3n) is 5.09. The van der Waals surface area contributed by atoms with Gasteiger partial charge in [0.05, 0.1) is 5.69 Å². The molecule has 2 aliphatic carbocycles. The van der Waals surface area contributed by atoms with E-state index in [1.165, 1.54) is 22.9 Å². The summed E-state index contributed by atoms with van der Waals surface area (Å²) in [5.74, 6) is -1.21. The lowest BCUT2D eigenvalue weighted by Crippen LogP contribution is -2.16. The van der Waals surface area contributed by atoms with Crippen LogP contribution in [0.5, 0.6) is 5.88 Å². The molecule has 8 heteroatoms. The molecule has 0 radical (unpaired) electrons. The Kier molecular flexibility index (Phi) is 3.30. The summed E-state index contributed by atoms with van der Waals surface area (Å²) in [6.45, 7) is 0. The number of aromatic nitrogens is 3. The van der Waals surface area contributed by atoms with Gasteiger partial charge in [0.2, 0.25) is 5.88 Å². The van der Waals surface area contributed by atoms with E-state index in [-0.39, 0.29) is 29.0 Å². The number of halogens is 2. The summed E-state index contributed by atoms with van der Waals surface area (Å²) >= 11 is 0. The quantitative estimate of drug-likeness (QED) is 0.744. The van der Waals surface area contributed by atoms with Crippen LogP contribution in [0.15, 0.2) is 36.4 Å². The van der Waals surface area contributed by atoms with Gasteiger partial charge in [-0.3, -0.25) is 4.79 Å². The average molecular weight is 368 g/mol. The van der Waals surface area contributed by atoms with Gasteiger partial charge in [-0.05, 0) is 37.0 Å². The van der Waals surface area contributed by atoms with Gasteiger partial charge >= 0.3 is 0 Å². The van der Waals surface area contributed by atoms with Crippen molar-refractivity contribution in [2.75, 3.05) is 5.32 Å². The first-order chi connectivity index (χ1) is 13.0. The number of amides is 1. The van der Waals surface area contributed by atoms with Crippen LogP contribution in [0.3, 0.4) is 0 Å². The van der Waals surface area contributed by atoms with E-state index in [1.807, 2.05) is 0 Å². The molecule has 1 saturated carbocycles. The number of rotatable bonds is 3. The molecular formula is C19H14F2N4O2. The Bertz CT molecular complexity index is 1100. The number of fused-ring (bicyclic) bond motifs is 3. The molecule has 136 valence electrons. The molecule has 0 saturated heterocycles. The van der Waals surface area contributed by atoms with Crippen molar-refractivity contribution in [2.45, 2.75) is 18.8 Å². The lowest BCUT2D eigenvalue weighted by atomic mass is 10.1. The minimum atomic E-state index is -0.731. The molecule has 3 aromatic rings. The number of pyridine rings is 1. The Morgan fingerprint density at radius 2 is 2.11 bits per heavy atom. The topological polar surface area (TPSA) is 80.0 Å². The van der Waals surface area contributed by atoms with Crippen LogP contribution in [0.1, 0.15) is 34.1 Å². The third kappa shape index (κ3) is 2.56. The monoisotopic (exact) mass is 368 g/mol.